The van der Waals surface area contributed by atoms with Crippen molar-refractivity contribution in [2.45, 2.75) is 32.9 Å². The summed E-state index contributed by atoms with van der Waals surface area (Å²) in [5.74, 6) is 0.453. The van der Waals surface area contributed by atoms with Gasteiger partial charge in [-0.15, -0.1) is 11.3 Å². The first-order valence-corrected chi connectivity index (χ1v) is 10.5. The topological polar surface area (TPSA) is 60.9 Å². The molecule has 0 saturated carbocycles. The molecular formula is C16H28N2O3S2. The van der Waals surface area contributed by atoms with Gasteiger partial charge in [-0.25, -0.2) is 12.7 Å². The Morgan fingerprint density at radius 1 is 1.30 bits per heavy atom. The van der Waals surface area contributed by atoms with E-state index in [0.717, 1.165) is 13.0 Å². The van der Waals surface area contributed by atoms with E-state index in [1.165, 1.54) is 28.2 Å². The molecular weight excluding hydrogens is 332 g/mol. The molecule has 0 amide bonds. The number of aliphatic hydroxyl groups excluding tert-OH is 1. The molecule has 0 spiro atoms. The minimum absolute atomic E-state index is 0.0146. The Morgan fingerprint density at radius 3 is 2.57 bits per heavy atom. The maximum Gasteiger partial charge on any atom is 0.214 e. The third kappa shape index (κ3) is 5.26. The molecule has 1 N–H and O–H groups in total. The van der Waals surface area contributed by atoms with Crippen LogP contribution in [0.5, 0.6) is 0 Å². The van der Waals surface area contributed by atoms with Gasteiger partial charge in [0.1, 0.15) is 0 Å². The molecule has 1 aliphatic rings. The van der Waals surface area contributed by atoms with E-state index in [4.69, 9.17) is 0 Å². The van der Waals surface area contributed by atoms with Gasteiger partial charge < -0.3 is 5.11 Å². The van der Waals surface area contributed by atoms with Crippen LogP contribution < -0.4 is 0 Å². The van der Waals surface area contributed by atoms with Crippen LogP contribution in [0.15, 0.2) is 12.1 Å². The van der Waals surface area contributed by atoms with Gasteiger partial charge in [0.2, 0.25) is 10.0 Å². The Balaban J connectivity index is 1.92. The third-order valence-electron chi connectivity index (χ3n) is 4.17. The minimum atomic E-state index is -3.27. The van der Waals surface area contributed by atoms with Crippen molar-refractivity contribution in [1.82, 2.24) is 9.21 Å². The molecule has 2 atom stereocenters. The largest absolute Gasteiger partial charge is 0.391 e. The number of likely N-dealkylation sites (tertiary alicyclic amines) is 1. The van der Waals surface area contributed by atoms with Crippen LogP contribution >= 0.6 is 11.3 Å². The van der Waals surface area contributed by atoms with E-state index in [9.17, 15) is 13.5 Å². The highest BCUT2D eigenvalue weighted by molar-refractivity contribution is 7.89. The number of nitrogens with zero attached hydrogens (tertiary/aromatic N) is 2. The van der Waals surface area contributed by atoms with E-state index < -0.39 is 16.1 Å². The lowest BCUT2D eigenvalue weighted by molar-refractivity contribution is 0.148. The molecule has 2 heterocycles. The molecule has 23 heavy (non-hydrogen) atoms. The summed E-state index contributed by atoms with van der Waals surface area (Å²) in [5.41, 5.74) is 0. The van der Waals surface area contributed by atoms with Crippen LogP contribution in [0.25, 0.3) is 0 Å². The van der Waals surface area contributed by atoms with E-state index >= 15 is 0 Å². The van der Waals surface area contributed by atoms with Crippen molar-refractivity contribution < 1.29 is 13.5 Å². The lowest BCUT2D eigenvalue weighted by Crippen LogP contribution is -2.33. The minimum Gasteiger partial charge on any atom is -0.391 e. The van der Waals surface area contributed by atoms with Gasteiger partial charge in [0.05, 0.1) is 11.9 Å². The third-order valence-corrected chi connectivity index (χ3v) is 7.22. The molecule has 7 heteroatoms. The second-order valence-corrected chi connectivity index (χ2v) is 10.5. The molecule has 1 saturated heterocycles. The van der Waals surface area contributed by atoms with Gasteiger partial charge in [0.25, 0.3) is 0 Å². The van der Waals surface area contributed by atoms with Gasteiger partial charge in [-0.3, -0.25) is 4.90 Å². The number of rotatable bonds is 7. The number of hydrogen-bond donors (Lipinski definition) is 1. The maximum absolute atomic E-state index is 12.0. The highest BCUT2D eigenvalue weighted by Gasteiger charge is 2.35. The van der Waals surface area contributed by atoms with Crippen molar-refractivity contribution in [3.63, 3.8) is 0 Å². The van der Waals surface area contributed by atoms with Crippen molar-refractivity contribution >= 4 is 21.4 Å². The SMILES string of the molecule is CC(C)Cc1ccc(CN2C[C@@H](CS(=O)(=O)N(C)C)[C@H](O)C2)s1. The van der Waals surface area contributed by atoms with E-state index in [-0.39, 0.29) is 11.7 Å². The van der Waals surface area contributed by atoms with E-state index in [2.05, 4.69) is 30.9 Å². The zero-order chi connectivity index (χ0) is 17.2. The maximum atomic E-state index is 12.0. The highest BCUT2D eigenvalue weighted by atomic mass is 32.2. The Morgan fingerprint density at radius 2 is 1.96 bits per heavy atom. The van der Waals surface area contributed by atoms with Gasteiger partial charge in [0, 0.05) is 49.4 Å². The van der Waals surface area contributed by atoms with Crippen LogP contribution in [0, 0.1) is 11.8 Å². The Labute approximate surface area is 144 Å². The second-order valence-electron chi connectivity index (χ2n) is 7.05. The predicted octanol–water partition coefficient (Wildman–Crippen LogP) is 1.63. The van der Waals surface area contributed by atoms with Gasteiger partial charge in [0.15, 0.2) is 0 Å². The molecule has 2 rings (SSSR count). The molecule has 1 fully saturated rings. The Kier molecular flexibility index (Phi) is 6.24. The summed E-state index contributed by atoms with van der Waals surface area (Å²) in [6.07, 6.45) is 0.525. The van der Waals surface area contributed by atoms with E-state index in [0.29, 0.717) is 19.0 Å². The number of sulfonamides is 1. The van der Waals surface area contributed by atoms with Gasteiger partial charge in [-0.05, 0) is 24.5 Å². The first kappa shape index (κ1) is 18.9. The first-order valence-electron chi connectivity index (χ1n) is 8.05. The molecule has 1 aliphatic heterocycles. The number of β-amino-alcohol motifs (C(OH)–C–C–N with tert-alkyl or cyclic N) is 1. The molecule has 0 aliphatic carbocycles. The number of hydrogen-bond acceptors (Lipinski definition) is 5. The molecule has 0 aromatic carbocycles. The monoisotopic (exact) mass is 360 g/mol. The predicted molar refractivity (Wildman–Crippen MR) is 95.1 cm³/mol. The van der Waals surface area contributed by atoms with Crippen LogP contribution in [0.1, 0.15) is 23.6 Å². The van der Waals surface area contributed by atoms with Gasteiger partial charge >= 0.3 is 0 Å². The number of thiophene rings is 1. The summed E-state index contributed by atoms with van der Waals surface area (Å²) in [7, 11) is -0.195. The van der Waals surface area contributed by atoms with Crippen LogP contribution in [-0.2, 0) is 23.0 Å². The molecule has 0 bridgehead atoms. The second kappa shape index (κ2) is 7.61. The average molecular weight is 361 g/mol. The average Bonchev–Trinajstić information content (AvgIpc) is 2.96. The van der Waals surface area contributed by atoms with E-state index in [1.807, 2.05) is 11.3 Å². The van der Waals surface area contributed by atoms with Crippen LogP contribution in [-0.4, -0.2) is 61.8 Å². The molecule has 132 valence electrons. The summed E-state index contributed by atoms with van der Waals surface area (Å²) in [4.78, 5) is 4.83. The fourth-order valence-corrected chi connectivity index (χ4v) is 5.33. The van der Waals surface area contributed by atoms with Gasteiger partial charge in [-0.2, -0.15) is 0 Å². The number of aliphatic hydroxyl groups is 1. The summed E-state index contributed by atoms with van der Waals surface area (Å²) < 4.78 is 25.2. The van der Waals surface area contributed by atoms with Crippen LogP contribution in [0.2, 0.25) is 0 Å². The van der Waals surface area contributed by atoms with E-state index in [1.54, 1.807) is 0 Å². The Bertz CT molecular complexity index is 611. The first-order chi connectivity index (χ1) is 10.7. The standard InChI is InChI=1S/C16H28N2O3S2/c1-12(2)7-14-5-6-15(22-14)9-18-8-13(16(19)10-18)11-23(20,21)17(3)4/h5-6,12-13,16,19H,7-11H2,1-4H3/t13-,16+/m0/s1. The quantitative estimate of drug-likeness (QED) is 0.803. The molecule has 0 radical (unpaired) electrons. The van der Waals surface area contributed by atoms with Crippen LogP contribution in [0.4, 0.5) is 0 Å². The van der Waals surface area contributed by atoms with Crippen LogP contribution in [0.3, 0.4) is 0 Å². The summed E-state index contributed by atoms with van der Waals surface area (Å²) in [6.45, 7) is 6.40. The fraction of sp³-hybridized carbons (Fsp3) is 0.750. The molecule has 1 aromatic heterocycles. The summed E-state index contributed by atoms with van der Waals surface area (Å²) >= 11 is 1.82. The Hall–Kier alpha value is -0.470. The summed E-state index contributed by atoms with van der Waals surface area (Å²) in [5, 5.41) is 10.2. The lowest BCUT2D eigenvalue weighted by atomic mass is 10.1. The lowest BCUT2D eigenvalue weighted by Gasteiger charge is -2.17. The molecule has 1 aromatic rings. The normalized spacial score (nSPS) is 23.3. The zero-order valence-corrected chi connectivity index (χ0v) is 16.0. The smallest absolute Gasteiger partial charge is 0.214 e. The van der Waals surface area contributed by atoms with Crippen molar-refractivity contribution in [1.29, 1.82) is 0 Å². The fourth-order valence-electron chi connectivity index (χ4n) is 2.89. The molecule has 0 unspecified atom stereocenters. The van der Waals surface area contributed by atoms with Crippen molar-refractivity contribution in [3.8, 4) is 0 Å². The molecule has 5 nitrogen and oxygen atoms in total. The van der Waals surface area contributed by atoms with Crippen molar-refractivity contribution in [3.05, 3.63) is 21.9 Å². The van der Waals surface area contributed by atoms with Gasteiger partial charge in [-0.1, -0.05) is 13.8 Å². The van der Waals surface area contributed by atoms with Crippen molar-refractivity contribution in [2.75, 3.05) is 32.9 Å². The highest BCUT2D eigenvalue weighted by Crippen LogP contribution is 2.25. The van der Waals surface area contributed by atoms with Crippen molar-refractivity contribution in [2.24, 2.45) is 11.8 Å². The summed E-state index contributed by atoms with van der Waals surface area (Å²) in [6, 6.07) is 4.33. The zero-order valence-electron chi connectivity index (χ0n) is 14.4.